The van der Waals surface area contributed by atoms with Gasteiger partial charge in [-0.3, -0.25) is 4.79 Å². The molecule has 1 rings (SSSR count). The van der Waals surface area contributed by atoms with Crippen LogP contribution in [0.5, 0.6) is 0 Å². The zero-order chi connectivity index (χ0) is 11.1. The van der Waals surface area contributed by atoms with Crippen molar-refractivity contribution in [2.45, 2.75) is 39.5 Å². The molecule has 3 nitrogen and oxygen atoms in total. The fourth-order valence-corrected chi connectivity index (χ4v) is 2.24. The maximum atomic E-state index is 11.4. The molecule has 2 N–H and O–H groups in total. The largest absolute Gasteiger partial charge is 0.355 e. The third-order valence-electron chi connectivity index (χ3n) is 3.39. The summed E-state index contributed by atoms with van der Waals surface area (Å²) in [4.78, 5) is 11.4. The molecule has 2 unspecified atom stereocenters. The molecule has 0 bridgehead atoms. The van der Waals surface area contributed by atoms with Crippen LogP contribution in [0.3, 0.4) is 0 Å². The molecule has 15 heavy (non-hydrogen) atoms. The lowest BCUT2D eigenvalue weighted by Crippen LogP contribution is -2.38. The Morgan fingerprint density at radius 3 is 2.73 bits per heavy atom. The summed E-state index contributed by atoms with van der Waals surface area (Å²) in [7, 11) is 0. The first-order chi connectivity index (χ1) is 7.24. The molecular weight excluding hydrogens is 188 g/mol. The van der Waals surface area contributed by atoms with Crippen LogP contribution in [0.1, 0.15) is 39.5 Å². The predicted molar refractivity (Wildman–Crippen MR) is 62.7 cm³/mol. The van der Waals surface area contributed by atoms with Gasteiger partial charge in [0.2, 0.25) is 5.91 Å². The van der Waals surface area contributed by atoms with Gasteiger partial charge in [0.15, 0.2) is 0 Å². The van der Waals surface area contributed by atoms with E-state index >= 15 is 0 Å². The summed E-state index contributed by atoms with van der Waals surface area (Å²) in [6.07, 6.45) is 5.30. The number of carbonyl (C=O) groups is 1. The van der Waals surface area contributed by atoms with Crippen molar-refractivity contribution in [1.29, 1.82) is 0 Å². The summed E-state index contributed by atoms with van der Waals surface area (Å²) in [6.45, 7) is 6.49. The molecule has 3 heteroatoms. The van der Waals surface area contributed by atoms with E-state index in [2.05, 4.69) is 17.6 Å². The molecule has 0 spiro atoms. The molecule has 0 aliphatic heterocycles. The van der Waals surface area contributed by atoms with Crippen molar-refractivity contribution in [2.24, 2.45) is 11.8 Å². The van der Waals surface area contributed by atoms with Gasteiger partial charge in [0.05, 0.1) is 6.54 Å². The highest BCUT2D eigenvalue weighted by Gasteiger charge is 2.21. The Morgan fingerprint density at radius 2 is 2.07 bits per heavy atom. The fraction of sp³-hybridized carbons (Fsp3) is 0.917. The van der Waals surface area contributed by atoms with E-state index < -0.39 is 0 Å². The van der Waals surface area contributed by atoms with Crippen LogP contribution < -0.4 is 10.6 Å². The number of likely N-dealkylation sites (N-methyl/N-ethyl adjacent to an activating group) is 1. The van der Waals surface area contributed by atoms with Gasteiger partial charge in [0.25, 0.3) is 0 Å². The molecule has 1 aliphatic carbocycles. The minimum absolute atomic E-state index is 0.134. The van der Waals surface area contributed by atoms with Gasteiger partial charge in [-0.05, 0) is 24.8 Å². The van der Waals surface area contributed by atoms with Crippen molar-refractivity contribution in [3.63, 3.8) is 0 Å². The van der Waals surface area contributed by atoms with Crippen molar-refractivity contribution in [3.8, 4) is 0 Å². The van der Waals surface area contributed by atoms with Crippen LogP contribution in [0.15, 0.2) is 0 Å². The van der Waals surface area contributed by atoms with Crippen molar-refractivity contribution >= 4 is 5.91 Å². The van der Waals surface area contributed by atoms with Crippen LogP contribution in [0.2, 0.25) is 0 Å². The molecule has 1 fully saturated rings. The third kappa shape index (κ3) is 4.65. The number of hydrogen-bond acceptors (Lipinski definition) is 2. The van der Waals surface area contributed by atoms with Crippen molar-refractivity contribution in [2.75, 3.05) is 19.6 Å². The quantitative estimate of drug-likeness (QED) is 0.726. The highest BCUT2D eigenvalue weighted by atomic mass is 16.1. The number of carbonyl (C=O) groups excluding carboxylic acids is 1. The third-order valence-corrected chi connectivity index (χ3v) is 3.39. The molecule has 0 saturated heterocycles. The molecule has 0 radical (unpaired) electrons. The van der Waals surface area contributed by atoms with E-state index in [1.54, 1.807) is 0 Å². The standard InChI is InChI=1S/C12H24N2O/c1-3-13-9-12(15)14-8-11-7-5-4-6-10(11)2/h10-11,13H,3-9H2,1-2H3,(H,14,15). The Hall–Kier alpha value is -0.570. The second-order valence-corrected chi connectivity index (χ2v) is 4.61. The second kappa shape index (κ2) is 6.83. The molecule has 88 valence electrons. The van der Waals surface area contributed by atoms with Crippen LogP contribution in [0.4, 0.5) is 0 Å². The molecular formula is C12H24N2O. The zero-order valence-corrected chi connectivity index (χ0v) is 10.0. The van der Waals surface area contributed by atoms with E-state index in [0.29, 0.717) is 12.5 Å². The number of hydrogen-bond donors (Lipinski definition) is 2. The van der Waals surface area contributed by atoms with Gasteiger partial charge >= 0.3 is 0 Å². The average molecular weight is 212 g/mol. The lowest BCUT2D eigenvalue weighted by atomic mass is 9.80. The molecule has 1 amide bonds. The molecule has 2 atom stereocenters. The van der Waals surface area contributed by atoms with Gasteiger partial charge in [-0.15, -0.1) is 0 Å². The van der Waals surface area contributed by atoms with E-state index in [4.69, 9.17) is 0 Å². The van der Waals surface area contributed by atoms with Crippen LogP contribution in [-0.2, 0) is 4.79 Å². The Labute approximate surface area is 93.0 Å². The van der Waals surface area contributed by atoms with Crippen molar-refractivity contribution in [3.05, 3.63) is 0 Å². The van der Waals surface area contributed by atoms with Gasteiger partial charge in [-0.1, -0.05) is 33.1 Å². The highest BCUT2D eigenvalue weighted by molar-refractivity contribution is 5.77. The summed E-state index contributed by atoms with van der Waals surface area (Å²) >= 11 is 0. The predicted octanol–water partition coefficient (Wildman–Crippen LogP) is 1.54. The topological polar surface area (TPSA) is 41.1 Å². The molecule has 1 saturated carbocycles. The molecule has 0 aromatic carbocycles. The average Bonchev–Trinajstić information content (AvgIpc) is 2.25. The SMILES string of the molecule is CCNCC(=O)NCC1CCCCC1C. The van der Waals surface area contributed by atoms with E-state index in [9.17, 15) is 4.79 Å². The normalized spacial score (nSPS) is 26.3. The van der Waals surface area contributed by atoms with Crippen LogP contribution >= 0.6 is 0 Å². The molecule has 1 aliphatic rings. The molecule has 0 aromatic heterocycles. The minimum atomic E-state index is 0.134. The Bertz CT molecular complexity index is 194. The Morgan fingerprint density at radius 1 is 1.33 bits per heavy atom. The maximum absolute atomic E-state index is 11.4. The summed E-state index contributed by atoms with van der Waals surface area (Å²) in [5.74, 6) is 1.61. The van der Waals surface area contributed by atoms with Crippen LogP contribution in [0, 0.1) is 11.8 Å². The number of rotatable bonds is 5. The number of nitrogens with one attached hydrogen (secondary N) is 2. The first-order valence-corrected chi connectivity index (χ1v) is 6.21. The first-order valence-electron chi connectivity index (χ1n) is 6.21. The summed E-state index contributed by atoms with van der Waals surface area (Å²) < 4.78 is 0. The van der Waals surface area contributed by atoms with Gasteiger partial charge in [0, 0.05) is 6.54 Å². The molecule has 0 heterocycles. The van der Waals surface area contributed by atoms with E-state index in [0.717, 1.165) is 19.0 Å². The van der Waals surface area contributed by atoms with E-state index in [-0.39, 0.29) is 5.91 Å². The van der Waals surface area contributed by atoms with Gasteiger partial charge in [-0.25, -0.2) is 0 Å². The van der Waals surface area contributed by atoms with Crippen LogP contribution in [0.25, 0.3) is 0 Å². The lowest BCUT2D eigenvalue weighted by Gasteiger charge is -2.28. The number of amides is 1. The monoisotopic (exact) mass is 212 g/mol. The molecule has 0 aromatic rings. The Kier molecular flexibility index (Phi) is 5.69. The zero-order valence-electron chi connectivity index (χ0n) is 10.0. The summed E-state index contributed by atoms with van der Waals surface area (Å²) in [6, 6.07) is 0. The van der Waals surface area contributed by atoms with E-state index in [1.165, 1.54) is 25.7 Å². The maximum Gasteiger partial charge on any atom is 0.233 e. The van der Waals surface area contributed by atoms with Crippen LogP contribution in [-0.4, -0.2) is 25.5 Å². The van der Waals surface area contributed by atoms with Gasteiger partial charge < -0.3 is 10.6 Å². The van der Waals surface area contributed by atoms with Gasteiger partial charge in [-0.2, -0.15) is 0 Å². The fourth-order valence-electron chi connectivity index (χ4n) is 2.24. The van der Waals surface area contributed by atoms with Crippen molar-refractivity contribution in [1.82, 2.24) is 10.6 Å². The van der Waals surface area contributed by atoms with Gasteiger partial charge in [0.1, 0.15) is 0 Å². The summed E-state index contributed by atoms with van der Waals surface area (Å²) in [5.41, 5.74) is 0. The first kappa shape index (κ1) is 12.5. The van der Waals surface area contributed by atoms with E-state index in [1.807, 2.05) is 6.92 Å². The summed E-state index contributed by atoms with van der Waals surface area (Å²) in [5, 5.41) is 6.05. The van der Waals surface area contributed by atoms with Crippen molar-refractivity contribution < 1.29 is 4.79 Å². The minimum Gasteiger partial charge on any atom is -0.355 e. The smallest absolute Gasteiger partial charge is 0.233 e. The second-order valence-electron chi connectivity index (χ2n) is 4.61. The lowest BCUT2D eigenvalue weighted by molar-refractivity contribution is -0.120. The highest BCUT2D eigenvalue weighted by Crippen LogP contribution is 2.28. The Balaban J connectivity index is 2.14.